The van der Waals surface area contributed by atoms with Gasteiger partial charge in [-0.3, -0.25) is 4.98 Å². The molecule has 24 heavy (non-hydrogen) atoms. The van der Waals surface area contributed by atoms with E-state index in [-0.39, 0.29) is 18.1 Å². The van der Waals surface area contributed by atoms with Crippen LogP contribution in [0.2, 0.25) is 0 Å². The molecule has 1 aromatic carbocycles. The number of halogens is 1. The molecule has 0 bridgehead atoms. The molecular formula is C17H15FN2O2S2. The van der Waals surface area contributed by atoms with Gasteiger partial charge in [-0.15, -0.1) is 11.3 Å². The second kappa shape index (κ2) is 7.21. The first-order chi connectivity index (χ1) is 11.5. The molecule has 0 spiro atoms. The molecule has 7 heteroatoms. The van der Waals surface area contributed by atoms with E-state index in [0.29, 0.717) is 5.56 Å². The molecule has 0 aliphatic heterocycles. The van der Waals surface area contributed by atoms with E-state index < -0.39 is 10.0 Å². The Hall–Kier alpha value is -2.09. The van der Waals surface area contributed by atoms with Gasteiger partial charge in [0, 0.05) is 29.4 Å². The summed E-state index contributed by atoms with van der Waals surface area (Å²) < 4.78 is 39.7. The Morgan fingerprint density at radius 3 is 2.58 bits per heavy atom. The van der Waals surface area contributed by atoms with E-state index in [1.54, 1.807) is 23.7 Å². The Bertz CT molecular complexity index is 908. The molecule has 3 rings (SSSR count). The summed E-state index contributed by atoms with van der Waals surface area (Å²) in [6.45, 7) is 0.162. The molecule has 4 nitrogen and oxygen atoms in total. The summed E-state index contributed by atoms with van der Waals surface area (Å²) in [4.78, 5) is 5.25. The van der Waals surface area contributed by atoms with Crippen LogP contribution in [0.4, 0.5) is 4.39 Å². The minimum atomic E-state index is -3.51. The average Bonchev–Trinajstić information content (AvgIpc) is 3.10. The monoisotopic (exact) mass is 362 g/mol. The van der Waals surface area contributed by atoms with E-state index in [1.165, 1.54) is 24.3 Å². The number of aromatic nitrogens is 1. The highest BCUT2D eigenvalue weighted by Crippen LogP contribution is 2.24. The summed E-state index contributed by atoms with van der Waals surface area (Å²) in [6.07, 6.45) is 3.39. The average molecular weight is 362 g/mol. The fraction of sp³-hybridized carbons (Fsp3) is 0.118. The summed E-state index contributed by atoms with van der Waals surface area (Å²) in [6, 6.07) is 11.3. The normalized spacial score (nSPS) is 11.5. The van der Waals surface area contributed by atoms with Crippen LogP contribution in [0, 0.1) is 5.82 Å². The van der Waals surface area contributed by atoms with Gasteiger partial charge < -0.3 is 0 Å². The van der Waals surface area contributed by atoms with Crippen molar-refractivity contribution >= 4 is 21.4 Å². The van der Waals surface area contributed by atoms with Crippen molar-refractivity contribution < 1.29 is 12.8 Å². The highest BCUT2D eigenvalue weighted by Gasteiger charge is 2.12. The predicted octanol–water partition coefficient (Wildman–Crippen LogP) is 3.57. The van der Waals surface area contributed by atoms with Crippen molar-refractivity contribution in [2.75, 3.05) is 0 Å². The van der Waals surface area contributed by atoms with Gasteiger partial charge in [0.05, 0.1) is 5.75 Å². The third-order valence-corrected chi connectivity index (χ3v) is 5.58. The van der Waals surface area contributed by atoms with Crippen molar-refractivity contribution in [2.24, 2.45) is 0 Å². The van der Waals surface area contributed by atoms with Gasteiger partial charge in [-0.2, -0.15) is 0 Å². The molecule has 0 radical (unpaired) electrons. The van der Waals surface area contributed by atoms with E-state index in [2.05, 4.69) is 9.71 Å². The van der Waals surface area contributed by atoms with Crippen LogP contribution in [-0.2, 0) is 22.3 Å². The van der Waals surface area contributed by atoms with Gasteiger partial charge in [-0.25, -0.2) is 17.5 Å². The third kappa shape index (κ3) is 4.47. The number of thiophene rings is 1. The van der Waals surface area contributed by atoms with Crippen LogP contribution in [0.5, 0.6) is 0 Å². The van der Waals surface area contributed by atoms with E-state index in [0.717, 1.165) is 16.0 Å². The van der Waals surface area contributed by atoms with Gasteiger partial charge >= 0.3 is 0 Å². The van der Waals surface area contributed by atoms with Crippen molar-refractivity contribution in [3.8, 4) is 10.4 Å². The molecule has 0 aliphatic carbocycles. The largest absolute Gasteiger partial charge is 0.264 e. The maximum absolute atomic E-state index is 12.9. The molecule has 2 aromatic heterocycles. The summed E-state index contributed by atoms with van der Waals surface area (Å²) in [7, 11) is -3.51. The van der Waals surface area contributed by atoms with Gasteiger partial charge in [0.1, 0.15) is 5.82 Å². The number of nitrogens with zero attached hydrogens (tertiary/aromatic N) is 1. The van der Waals surface area contributed by atoms with Crippen LogP contribution in [0.15, 0.2) is 60.2 Å². The molecule has 0 saturated carbocycles. The molecule has 1 N–H and O–H groups in total. The second-order valence-corrected chi connectivity index (χ2v) is 8.02. The maximum Gasteiger partial charge on any atom is 0.216 e. The number of rotatable bonds is 6. The molecule has 0 aliphatic rings. The van der Waals surface area contributed by atoms with Crippen molar-refractivity contribution in [1.29, 1.82) is 0 Å². The molecule has 0 atom stereocenters. The maximum atomic E-state index is 12.9. The lowest BCUT2D eigenvalue weighted by molar-refractivity contribution is 0.580. The zero-order valence-corrected chi connectivity index (χ0v) is 14.3. The SMILES string of the molecule is O=S(=O)(Cc1ccc(F)cc1)NCc1cncc(-c2cccs2)c1. The number of sulfonamides is 1. The second-order valence-electron chi connectivity index (χ2n) is 5.27. The van der Waals surface area contributed by atoms with Crippen molar-refractivity contribution in [3.63, 3.8) is 0 Å². The molecular weight excluding hydrogens is 347 g/mol. The number of nitrogens with one attached hydrogen (secondary N) is 1. The standard InChI is InChI=1S/C17H15FN2O2S2/c18-16-5-3-13(4-6-16)12-24(21,22)20-10-14-8-15(11-19-9-14)17-2-1-7-23-17/h1-9,11,20H,10,12H2. The predicted molar refractivity (Wildman–Crippen MR) is 93.4 cm³/mol. The molecule has 3 aromatic rings. The molecule has 2 heterocycles. The number of hydrogen-bond donors (Lipinski definition) is 1. The van der Waals surface area contributed by atoms with E-state index >= 15 is 0 Å². The Labute approximate surface area is 144 Å². The lowest BCUT2D eigenvalue weighted by Gasteiger charge is -2.08. The van der Waals surface area contributed by atoms with Crippen LogP contribution in [0.3, 0.4) is 0 Å². The number of pyridine rings is 1. The van der Waals surface area contributed by atoms with E-state index in [4.69, 9.17) is 0 Å². The first-order valence-electron chi connectivity index (χ1n) is 7.21. The van der Waals surface area contributed by atoms with Crippen LogP contribution in [-0.4, -0.2) is 13.4 Å². The third-order valence-electron chi connectivity index (χ3n) is 3.37. The fourth-order valence-corrected chi connectivity index (χ4v) is 4.03. The molecule has 0 unspecified atom stereocenters. The van der Waals surface area contributed by atoms with Gasteiger partial charge in [-0.05, 0) is 40.8 Å². The minimum absolute atomic E-state index is 0.162. The molecule has 124 valence electrons. The lowest BCUT2D eigenvalue weighted by atomic mass is 10.2. The summed E-state index contributed by atoms with van der Waals surface area (Å²) in [5.74, 6) is -0.578. The van der Waals surface area contributed by atoms with Crippen LogP contribution < -0.4 is 4.72 Å². The Morgan fingerprint density at radius 2 is 1.88 bits per heavy atom. The first-order valence-corrected chi connectivity index (χ1v) is 9.75. The highest BCUT2D eigenvalue weighted by molar-refractivity contribution is 7.88. The van der Waals surface area contributed by atoms with E-state index in [1.807, 2.05) is 23.6 Å². The zero-order chi connectivity index (χ0) is 17.0. The van der Waals surface area contributed by atoms with Crippen LogP contribution in [0.25, 0.3) is 10.4 Å². The minimum Gasteiger partial charge on any atom is -0.264 e. The van der Waals surface area contributed by atoms with Crippen molar-refractivity contribution in [3.05, 3.63) is 77.2 Å². The van der Waals surface area contributed by atoms with Crippen LogP contribution >= 0.6 is 11.3 Å². The van der Waals surface area contributed by atoms with Gasteiger partial charge in [0.25, 0.3) is 0 Å². The fourth-order valence-electron chi connectivity index (χ4n) is 2.21. The highest BCUT2D eigenvalue weighted by atomic mass is 32.2. The van der Waals surface area contributed by atoms with Crippen molar-refractivity contribution in [1.82, 2.24) is 9.71 Å². The lowest BCUT2D eigenvalue weighted by Crippen LogP contribution is -2.24. The Balaban J connectivity index is 1.66. The smallest absolute Gasteiger partial charge is 0.216 e. The summed E-state index contributed by atoms with van der Waals surface area (Å²) in [5, 5.41) is 1.98. The zero-order valence-electron chi connectivity index (χ0n) is 12.6. The summed E-state index contributed by atoms with van der Waals surface area (Å²) >= 11 is 1.60. The van der Waals surface area contributed by atoms with Gasteiger partial charge in [0.2, 0.25) is 10.0 Å². The Kier molecular flexibility index (Phi) is 5.03. The molecule has 0 fully saturated rings. The van der Waals surface area contributed by atoms with Gasteiger partial charge in [-0.1, -0.05) is 18.2 Å². The number of benzene rings is 1. The topological polar surface area (TPSA) is 59.1 Å². The van der Waals surface area contributed by atoms with Gasteiger partial charge in [0.15, 0.2) is 0 Å². The van der Waals surface area contributed by atoms with E-state index in [9.17, 15) is 12.8 Å². The summed E-state index contributed by atoms with van der Waals surface area (Å²) in [5.41, 5.74) is 2.28. The number of hydrogen-bond acceptors (Lipinski definition) is 4. The molecule has 0 amide bonds. The Morgan fingerprint density at radius 1 is 1.08 bits per heavy atom. The first kappa shape index (κ1) is 16.8. The van der Waals surface area contributed by atoms with Crippen molar-refractivity contribution in [2.45, 2.75) is 12.3 Å². The quantitative estimate of drug-likeness (QED) is 0.729. The molecule has 0 saturated heterocycles. The van der Waals surface area contributed by atoms with Crippen LogP contribution in [0.1, 0.15) is 11.1 Å².